The summed E-state index contributed by atoms with van der Waals surface area (Å²) in [6.07, 6.45) is 0. The van der Waals surface area contributed by atoms with Gasteiger partial charge in [-0.15, -0.1) is 11.3 Å². The molecule has 7 heteroatoms. The van der Waals surface area contributed by atoms with Crippen LogP contribution in [0, 0.1) is 0 Å². The molecule has 2 aromatic carbocycles. The van der Waals surface area contributed by atoms with Crippen LogP contribution in [-0.2, 0) is 10.4 Å². The molecule has 0 saturated carbocycles. The Morgan fingerprint density at radius 1 is 0.957 bits per heavy atom. The standard InChI is InChI=1S/C16H14OS.H2O4S/c1-10(2)11-7-5-9-14-15(11)16(17)12-6-3-4-8-13(12)18-14;1-5(2,3)4/h3-10H,1-2H3;(H2,1,2,3,4). The van der Waals surface area contributed by atoms with Crippen molar-refractivity contribution in [1.82, 2.24) is 0 Å². The van der Waals surface area contributed by atoms with Gasteiger partial charge in [0.25, 0.3) is 0 Å². The highest BCUT2D eigenvalue weighted by Crippen LogP contribution is 2.29. The second-order valence-electron chi connectivity index (χ2n) is 5.25. The van der Waals surface area contributed by atoms with Crippen LogP contribution in [0.4, 0.5) is 0 Å². The Bertz CT molecular complexity index is 996. The first kappa shape index (κ1) is 17.6. The first-order chi connectivity index (χ1) is 10.7. The number of fused-ring (bicyclic) bond motifs is 2. The molecule has 0 fully saturated rings. The molecule has 1 aromatic heterocycles. The Morgan fingerprint density at radius 2 is 1.52 bits per heavy atom. The predicted molar refractivity (Wildman–Crippen MR) is 93.9 cm³/mol. The first-order valence-electron chi connectivity index (χ1n) is 6.83. The fraction of sp³-hybridized carbons (Fsp3) is 0.188. The summed E-state index contributed by atoms with van der Waals surface area (Å²) in [5.41, 5.74) is 1.32. The summed E-state index contributed by atoms with van der Waals surface area (Å²) in [5.74, 6) is 0.370. The van der Waals surface area contributed by atoms with E-state index in [9.17, 15) is 4.79 Å². The smallest absolute Gasteiger partial charge is 0.288 e. The Morgan fingerprint density at radius 3 is 2.13 bits per heavy atom. The Labute approximate surface area is 137 Å². The van der Waals surface area contributed by atoms with Crippen molar-refractivity contribution in [3.05, 3.63) is 58.3 Å². The summed E-state index contributed by atoms with van der Waals surface area (Å²) in [6.45, 7) is 4.27. The van der Waals surface area contributed by atoms with E-state index in [1.54, 1.807) is 11.3 Å². The van der Waals surface area contributed by atoms with Crippen LogP contribution in [0.3, 0.4) is 0 Å². The Kier molecular flexibility index (Phi) is 5.16. The maximum atomic E-state index is 12.6. The normalized spacial score (nSPS) is 11.5. The lowest BCUT2D eigenvalue weighted by atomic mass is 9.98. The minimum Gasteiger partial charge on any atom is -0.288 e. The van der Waals surface area contributed by atoms with Gasteiger partial charge in [0.05, 0.1) is 0 Å². The Hall–Kier alpha value is -1.80. The molecule has 3 aromatic rings. The zero-order valence-corrected chi connectivity index (χ0v) is 14.2. The van der Waals surface area contributed by atoms with Gasteiger partial charge in [0.1, 0.15) is 0 Å². The molecular formula is C16H16O5S2. The molecule has 0 unspecified atom stereocenters. The van der Waals surface area contributed by atoms with Crippen LogP contribution in [0.15, 0.2) is 47.3 Å². The van der Waals surface area contributed by atoms with Crippen LogP contribution in [-0.4, -0.2) is 17.5 Å². The molecule has 0 aliphatic rings. The van der Waals surface area contributed by atoms with Crippen LogP contribution >= 0.6 is 11.3 Å². The molecule has 1 heterocycles. The second kappa shape index (κ2) is 6.76. The summed E-state index contributed by atoms with van der Waals surface area (Å²) in [4.78, 5) is 12.6. The highest BCUT2D eigenvalue weighted by molar-refractivity contribution is 7.79. The second-order valence-corrected chi connectivity index (χ2v) is 7.23. The molecule has 0 saturated heterocycles. The maximum absolute atomic E-state index is 12.6. The quantitative estimate of drug-likeness (QED) is 0.512. The van der Waals surface area contributed by atoms with Crippen molar-refractivity contribution in [3.63, 3.8) is 0 Å². The van der Waals surface area contributed by atoms with Gasteiger partial charge in [0, 0.05) is 20.2 Å². The molecular weight excluding hydrogens is 336 g/mol. The largest absolute Gasteiger partial charge is 0.394 e. The van der Waals surface area contributed by atoms with E-state index in [0.717, 1.165) is 25.7 Å². The molecule has 3 rings (SSSR count). The van der Waals surface area contributed by atoms with Crippen LogP contribution in [0.25, 0.3) is 20.2 Å². The first-order valence-corrected chi connectivity index (χ1v) is 9.04. The SMILES string of the molecule is CC(C)c1cccc2sc3ccccc3c(=O)c12.O=S(=O)(O)O. The van der Waals surface area contributed by atoms with Gasteiger partial charge in [0.15, 0.2) is 5.43 Å². The molecule has 0 aliphatic carbocycles. The zero-order chi connectivity index (χ0) is 17.2. The lowest BCUT2D eigenvalue weighted by Crippen LogP contribution is -2.05. The summed E-state index contributed by atoms with van der Waals surface area (Å²) in [7, 11) is -4.67. The third kappa shape index (κ3) is 4.35. The van der Waals surface area contributed by atoms with E-state index in [2.05, 4.69) is 19.9 Å². The molecule has 0 bridgehead atoms. The van der Waals surface area contributed by atoms with Crippen molar-refractivity contribution < 1.29 is 17.5 Å². The fourth-order valence-corrected chi connectivity index (χ4v) is 3.47. The van der Waals surface area contributed by atoms with Gasteiger partial charge in [0.2, 0.25) is 0 Å². The van der Waals surface area contributed by atoms with Gasteiger partial charge in [-0.3, -0.25) is 13.9 Å². The van der Waals surface area contributed by atoms with Gasteiger partial charge >= 0.3 is 10.4 Å². The molecule has 23 heavy (non-hydrogen) atoms. The fourth-order valence-electron chi connectivity index (χ4n) is 2.35. The summed E-state index contributed by atoms with van der Waals surface area (Å²) < 4.78 is 33.7. The molecule has 0 aliphatic heterocycles. The molecule has 0 radical (unpaired) electrons. The van der Waals surface area contributed by atoms with Crippen LogP contribution in [0.2, 0.25) is 0 Å². The lowest BCUT2D eigenvalue weighted by Gasteiger charge is -2.09. The van der Waals surface area contributed by atoms with Crippen molar-refractivity contribution in [3.8, 4) is 0 Å². The monoisotopic (exact) mass is 352 g/mol. The van der Waals surface area contributed by atoms with E-state index in [0.29, 0.717) is 5.92 Å². The van der Waals surface area contributed by atoms with Crippen LogP contribution < -0.4 is 5.43 Å². The summed E-state index contributed by atoms with van der Waals surface area (Å²) in [6, 6.07) is 14.0. The average molecular weight is 352 g/mol. The van der Waals surface area contributed by atoms with Gasteiger partial charge in [-0.1, -0.05) is 38.1 Å². The number of hydrogen-bond donors (Lipinski definition) is 2. The molecule has 5 nitrogen and oxygen atoms in total. The highest BCUT2D eigenvalue weighted by atomic mass is 32.3. The van der Waals surface area contributed by atoms with Gasteiger partial charge in [-0.25, -0.2) is 0 Å². The summed E-state index contributed by atoms with van der Waals surface area (Å²) >= 11 is 1.70. The van der Waals surface area contributed by atoms with Crippen molar-refractivity contribution in [2.24, 2.45) is 0 Å². The Balaban J connectivity index is 0.000000338. The summed E-state index contributed by atoms with van der Waals surface area (Å²) in [5, 5.41) is 1.74. The number of hydrogen-bond acceptors (Lipinski definition) is 4. The van der Waals surface area contributed by atoms with E-state index in [1.807, 2.05) is 36.4 Å². The van der Waals surface area contributed by atoms with Crippen molar-refractivity contribution in [2.45, 2.75) is 19.8 Å². The molecule has 0 amide bonds. The van der Waals surface area contributed by atoms with Crippen LogP contribution in [0.5, 0.6) is 0 Å². The minimum atomic E-state index is -4.67. The van der Waals surface area contributed by atoms with E-state index < -0.39 is 10.4 Å². The molecule has 122 valence electrons. The van der Waals surface area contributed by atoms with E-state index in [4.69, 9.17) is 17.5 Å². The van der Waals surface area contributed by atoms with Crippen LogP contribution in [0.1, 0.15) is 25.3 Å². The topological polar surface area (TPSA) is 91.7 Å². The molecule has 0 atom stereocenters. The number of rotatable bonds is 1. The average Bonchev–Trinajstić information content (AvgIpc) is 2.45. The van der Waals surface area contributed by atoms with Crippen molar-refractivity contribution >= 4 is 41.9 Å². The minimum absolute atomic E-state index is 0.170. The maximum Gasteiger partial charge on any atom is 0.394 e. The zero-order valence-electron chi connectivity index (χ0n) is 12.6. The third-order valence-electron chi connectivity index (χ3n) is 3.26. The lowest BCUT2D eigenvalue weighted by molar-refractivity contribution is 0.381. The van der Waals surface area contributed by atoms with Gasteiger partial charge < -0.3 is 0 Å². The highest BCUT2D eigenvalue weighted by Gasteiger charge is 2.11. The number of benzene rings is 2. The van der Waals surface area contributed by atoms with Crippen molar-refractivity contribution in [1.29, 1.82) is 0 Å². The molecule has 0 spiro atoms. The van der Waals surface area contributed by atoms with Gasteiger partial charge in [-0.05, 0) is 29.7 Å². The van der Waals surface area contributed by atoms with E-state index in [1.165, 1.54) is 0 Å². The predicted octanol–water partition coefficient (Wildman–Crippen LogP) is 3.89. The third-order valence-corrected chi connectivity index (χ3v) is 4.40. The van der Waals surface area contributed by atoms with Gasteiger partial charge in [-0.2, -0.15) is 8.42 Å². The van der Waals surface area contributed by atoms with Crippen molar-refractivity contribution in [2.75, 3.05) is 0 Å². The van der Waals surface area contributed by atoms with E-state index in [-0.39, 0.29) is 5.43 Å². The van der Waals surface area contributed by atoms with E-state index >= 15 is 0 Å². The molecule has 2 N–H and O–H groups in total.